The lowest BCUT2D eigenvalue weighted by atomic mass is 9.99. The number of amides is 1. The molecule has 4 nitrogen and oxygen atoms in total. The Bertz CT molecular complexity index is 306. The predicted octanol–water partition coefficient (Wildman–Crippen LogP) is 0.759. The molecule has 1 aliphatic heterocycles. The van der Waals surface area contributed by atoms with Crippen LogP contribution in [0.1, 0.15) is 18.5 Å². The molecule has 1 aliphatic rings. The Labute approximate surface area is 93.1 Å². The van der Waals surface area contributed by atoms with Crippen LogP contribution >= 0.6 is 11.3 Å². The third-order valence-corrected chi connectivity index (χ3v) is 3.23. The molecule has 1 aromatic heterocycles. The van der Waals surface area contributed by atoms with Crippen LogP contribution in [0.5, 0.6) is 0 Å². The smallest absolute Gasteiger partial charge is 0.224 e. The van der Waals surface area contributed by atoms with Crippen molar-refractivity contribution in [3.05, 3.63) is 16.6 Å². The number of piperidine rings is 1. The Morgan fingerprint density at radius 2 is 2.67 bits per heavy atom. The monoisotopic (exact) mass is 225 g/mol. The number of aromatic nitrogens is 1. The second-order valence-electron chi connectivity index (χ2n) is 3.74. The molecule has 1 atom stereocenters. The largest absolute Gasteiger partial charge is 0.350 e. The van der Waals surface area contributed by atoms with Gasteiger partial charge in [-0.05, 0) is 19.4 Å². The summed E-state index contributed by atoms with van der Waals surface area (Å²) in [5, 5.41) is 8.11. The fourth-order valence-corrected chi connectivity index (χ4v) is 2.28. The van der Waals surface area contributed by atoms with Crippen LogP contribution in [-0.2, 0) is 11.3 Å². The Balaban J connectivity index is 1.76. The lowest BCUT2D eigenvalue weighted by Crippen LogP contribution is -2.40. The number of rotatable bonds is 3. The highest BCUT2D eigenvalue weighted by molar-refractivity contribution is 7.07. The molecule has 82 valence electrons. The maximum absolute atomic E-state index is 11.7. The molecule has 1 fully saturated rings. The van der Waals surface area contributed by atoms with Gasteiger partial charge in [-0.25, -0.2) is 4.98 Å². The average Bonchev–Trinajstić information content (AvgIpc) is 2.80. The van der Waals surface area contributed by atoms with Crippen molar-refractivity contribution in [2.75, 3.05) is 13.1 Å². The Morgan fingerprint density at radius 1 is 1.73 bits per heavy atom. The van der Waals surface area contributed by atoms with Gasteiger partial charge in [-0.15, -0.1) is 11.3 Å². The molecule has 2 N–H and O–H groups in total. The Morgan fingerprint density at radius 3 is 3.33 bits per heavy atom. The van der Waals surface area contributed by atoms with E-state index in [2.05, 4.69) is 15.6 Å². The van der Waals surface area contributed by atoms with Crippen LogP contribution < -0.4 is 10.6 Å². The molecule has 15 heavy (non-hydrogen) atoms. The van der Waals surface area contributed by atoms with E-state index < -0.39 is 0 Å². The predicted molar refractivity (Wildman–Crippen MR) is 59.6 cm³/mol. The van der Waals surface area contributed by atoms with Gasteiger partial charge in [0.2, 0.25) is 5.91 Å². The van der Waals surface area contributed by atoms with Crippen molar-refractivity contribution >= 4 is 17.2 Å². The number of nitrogens with zero attached hydrogens (tertiary/aromatic N) is 1. The Hall–Kier alpha value is -0.940. The van der Waals surface area contributed by atoms with Gasteiger partial charge in [0.25, 0.3) is 0 Å². The zero-order valence-corrected chi connectivity index (χ0v) is 9.35. The Kier molecular flexibility index (Phi) is 3.69. The topological polar surface area (TPSA) is 54.0 Å². The van der Waals surface area contributed by atoms with Gasteiger partial charge >= 0.3 is 0 Å². The van der Waals surface area contributed by atoms with Crippen molar-refractivity contribution in [3.63, 3.8) is 0 Å². The van der Waals surface area contributed by atoms with E-state index in [9.17, 15) is 4.79 Å². The standard InChI is InChI=1S/C10H15N3OS/c14-10(8-2-1-3-11-4-8)12-5-9-6-15-7-13-9/h6-8,11H,1-5H2,(H,12,14). The molecule has 0 bridgehead atoms. The van der Waals surface area contributed by atoms with Crippen LogP contribution in [0, 0.1) is 5.92 Å². The molecule has 1 aromatic rings. The van der Waals surface area contributed by atoms with Crippen molar-refractivity contribution in [3.8, 4) is 0 Å². The fourth-order valence-electron chi connectivity index (χ4n) is 1.72. The number of carbonyl (C=O) groups is 1. The first-order chi connectivity index (χ1) is 7.36. The van der Waals surface area contributed by atoms with Crippen LogP contribution in [0.3, 0.4) is 0 Å². The molecule has 5 heteroatoms. The minimum atomic E-state index is 0.136. The summed E-state index contributed by atoms with van der Waals surface area (Å²) in [5.74, 6) is 0.285. The molecule has 1 amide bonds. The normalized spacial score (nSPS) is 21.2. The van der Waals surface area contributed by atoms with Crippen LogP contribution in [-0.4, -0.2) is 24.0 Å². The summed E-state index contributed by atoms with van der Waals surface area (Å²) in [5.41, 5.74) is 2.72. The molecule has 0 aliphatic carbocycles. The van der Waals surface area contributed by atoms with Gasteiger partial charge in [0.05, 0.1) is 23.7 Å². The zero-order chi connectivity index (χ0) is 10.5. The first-order valence-electron chi connectivity index (χ1n) is 5.22. The molecule has 0 saturated carbocycles. The van der Waals surface area contributed by atoms with Crippen molar-refractivity contribution in [1.82, 2.24) is 15.6 Å². The average molecular weight is 225 g/mol. The zero-order valence-electron chi connectivity index (χ0n) is 8.53. The van der Waals surface area contributed by atoms with E-state index >= 15 is 0 Å². The molecule has 1 saturated heterocycles. The minimum Gasteiger partial charge on any atom is -0.350 e. The van der Waals surface area contributed by atoms with Gasteiger partial charge in [-0.2, -0.15) is 0 Å². The van der Waals surface area contributed by atoms with E-state index in [1.54, 1.807) is 16.8 Å². The van der Waals surface area contributed by atoms with Gasteiger partial charge in [-0.3, -0.25) is 4.79 Å². The van der Waals surface area contributed by atoms with E-state index in [1.165, 1.54) is 0 Å². The minimum absolute atomic E-state index is 0.136. The number of nitrogens with one attached hydrogen (secondary N) is 2. The second kappa shape index (κ2) is 5.23. The van der Waals surface area contributed by atoms with E-state index in [0.29, 0.717) is 6.54 Å². The molecule has 2 rings (SSSR count). The summed E-state index contributed by atoms with van der Waals surface area (Å²) < 4.78 is 0. The lowest BCUT2D eigenvalue weighted by Gasteiger charge is -2.21. The third-order valence-electron chi connectivity index (χ3n) is 2.59. The highest BCUT2D eigenvalue weighted by Crippen LogP contribution is 2.10. The van der Waals surface area contributed by atoms with Crippen molar-refractivity contribution < 1.29 is 4.79 Å². The molecule has 0 spiro atoms. The van der Waals surface area contributed by atoms with Crippen LogP contribution in [0.2, 0.25) is 0 Å². The number of thiazole rings is 1. The van der Waals surface area contributed by atoms with Gasteiger partial charge in [0.1, 0.15) is 0 Å². The summed E-state index contributed by atoms with van der Waals surface area (Å²) in [6.45, 7) is 2.40. The van der Waals surface area contributed by atoms with Gasteiger partial charge < -0.3 is 10.6 Å². The highest BCUT2D eigenvalue weighted by atomic mass is 32.1. The van der Waals surface area contributed by atoms with E-state index in [1.807, 2.05) is 5.38 Å². The van der Waals surface area contributed by atoms with Crippen molar-refractivity contribution in [2.24, 2.45) is 5.92 Å². The summed E-state index contributed by atoms with van der Waals surface area (Å²) in [6, 6.07) is 0. The maximum Gasteiger partial charge on any atom is 0.224 e. The third kappa shape index (κ3) is 3.00. The van der Waals surface area contributed by atoms with E-state index in [0.717, 1.165) is 31.6 Å². The van der Waals surface area contributed by atoms with Crippen LogP contribution in [0.25, 0.3) is 0 Å². The molecule has 2 heterocycles. The van der Waals surface area contributed by atoms with Crippen LogP contribution in [0.15, 0.2) is 10.9 Å². The quantitative estimate of drug-likeness (QED) is 0.798. The van der Waals surface area contributed by atoms with Crippen molar-refractivity contribution in [2.45, 2.75) is 19.4 Å². The first kappa shape index (κ1) is 10.6. The first-order valence-corrected chi connectivity index (χ1v) is 6.16. The summed E-state index contributed by atoms with van der Waals surface area (Å²) in [4.78, 5) is 15.8. The second-order valence-corrected chi connectivity index (χ2v) is 4.46. The highest BCUT2D eigenvalue weighted by Gasteiger charge is 2.20. The summed E-state index contributed by atoms with van der Waals surface area (Å²) >= 11 is 1.55. The van der Waals surface area contributed by atoms with Crippen molar-refractivity contribution in [1.29, 1.82) is 0 Å². The van der Waals surface area contributed by atoms with Crippen LogP contribution in [0.4, 0.5) is 0 Å². The van der Waals surface area contributed by atoms with Gasteiger partial charge in [-0.1, -0.05) is 0 Å². The number of hydrogen-bond donors (Lipinski definition) is 2. The van der Waals surface area contributed by atoms with Gasteiger partial charge in [0.15, 0.2) is 0 Å². The fraction of sp³-hybridized carbons (Fsp3) is 0.600. The summed E-state index contributed by atoms with van der Waals surface area (Å²) in [7, 11) is 0. The maximum atomic E-state index is 11.7. The molecule has 1 unspecified atom stereocenters. The molecular formula is C10H15N3OS. The molecular weight excluding hydrogens is 210 g/mol. The number of carbonyl (C=O) groups excluding carboxylic acids is 1. The van der Waals surface area contributed by atoms with E-state index in [-0.39, 0.29) is 11.8 Å². The van der Waals surface area contributed by atoms with Gasteiger partial charge in [0, 0.05) is 11.9 Å². The SMILES string of the molecule is O=C(NCc1cscn1)C1CCCNC1. The number of hydrogen-bond acceptors (Lipinski definition) is 4. The summed E-state index contributed by atoms with van der Waals surface area (Å²) in [6.07, 6.45) is 2.09. The molecule has 0 radical (unpaired) electrons. The lowest BCUT2D eigenvalue weighted by molar-refractivity contribution is -0.125. The van der Waals surface area contributed by atoms with E-state index in [4.69, 9.17) is 0 Å². The molecule has 0 aromatic carbocycles.